The Kier molecular flexibility index (Phi) is 19.3. The van der Waals surface area contributed by atoms with E-state index < -0.39 is 0 Å². The molecular weight excluding hydrogens is 124 g/mol. The quantitative estimate of drug-likeness (QED) is 0.479. The summed E-state index contributed by atoms with van der Waals surface area (Å²) in [5.74, 6) is 0. The standard InChI is InChI=1S/C4H8O.2C2H6.CH4/c1-3-4(2)5-3;2*1-2;/h3-4H,1-2H3;2*1-2H3;1H4. The van der Waals surface area contributed by atoms with Gasteiger partial charge in [0.25, 0.3) is 0 Å². The minimum absolute atomic E-state index is 0. The van der Waals surface area contributed by atoms with Crippen LogP contribution < -0.4 is 0 Å². The Morgan fingerprint density at radius 2 is 0.900 bits per heavy atom. The van der Waals surface area contributed by atoms with Crippen LogP contribution in [0, 0.1) is 0 Å². The summed E-state index contributed by atoms with van der Waals surface area (Å²) in [6.45, 7) is 12.1. The molecule has 1 fully saturated rings. The van der Waals surface area contributed by atoms with E-state index in [4.69, 9.17) is 4.74 Å². The molecule has 1 heteroatoms. The molecule has 1 aliphatic heterocycles. The van der Waals surface area contributed by atoms with Crippen LogP contribution in [0.1, 0.15) is 49.0 Å². The van der Waals surface area contributed by atoms with Gasteiger partial charge in [0.1, 0.15) is 0 Å². The number of epoxide rings is 1. The molecule has 0 radical (unpaired) electrons. The van der Waals surface area contributed by atoms with Crippen LogP contribution in [0.25, 0.3) is 0 Å². The van der Waals surface area contributed by atoms with Gasteiger partial charge >= 0.3 is 0 Å². The van der Waals surface area contributed by atoms with Crippen molar-refractivity contribution in [3.05, 3.63) is 0 Å². The van der Waals surface area contributed by atoms with Gasteiger partial charge in [0, 0.05) is 0 Å². The van der Waals surface area contributed by atoms with E-state index in [0.29, 0.717) is 12.2 Å². The topological polar surface area (TPSA) is 12.5 Å². The van der Waals surface area contributed by atoms with Crippen molar-refractivity contribution in [3.8, 4) is 0 Å². The van der Waals surface area contributed by atoms with Crippen LogP contribution in [0.5, 0.6) is 0 Å². The van der Waals surface area contributed by atoms with Gasteiger partial charge in [-0.25, -0.2) is 0 Å². The summed E-state index contributed by atoms with van der Waals surface area (Å²) in [7, 11) is 0. The molecule has 0 N–H and O–H groups in total. The molecule has 0 aromatic rings. The van der Waals surface area contributed by atoms with E-state index in [2.05, 4.69) is 13.8 Å². The largest absolute Gasteiger partial charge is 0.370 e. The summed E-state index contributed by atoms with van der Waals surface area (Å²) < 4.78 is 4.92. The average molecular weight is 148 g/mol. The van der Waals surface area contributed by atoms with E-state index in [-0.39, 0.29) is 7.43 Å². The molecule has 66 valence electrons. The first-order valence-corrected chi connectivity index (χ1v) is 3.96. The Morgan fingerprint density at radius 3 is 0.900 bits per heavy atom. The van der Waals surface area contributed by atoms with Gasteiger partial charge in [0.15, 0.2) is 0 Å². The molecular formula is C9H24O. The SMILES string of the molecule is C.CC.CC.CC1OC1C. The van der Waals surface area contributed by atoms with Crippen molar-refractivity contribution in [1.29, 1.82) is 0 Å². The van der Waals surface area contributed by atoms with Gasteiger partial charge in [-0.1, -0.05) is 35.1 Å². The summed E-state index contributed by atoms with van der Waals surface area (Å²) in [6.07, 6.45) is 1.10. The highest BCUT2D eigenvalue weighted by Crippen LogP contribution is 2.18. The number of hydrogen-bond donors (Lipinski definition) is 0. The summed E-state index contributed by atoms with van der Waals surface area (Å²) in [4.78, 5) is 0. The van der Waals surface area contributed by atoms with E-state index in [1.54, 1.807) is 0 Å². The highest BCUT2D eigenvalue weighted by atomic mass is 16.6. The molecule has 2 unspecified atom stereocenters. The summed E-state index contributed by atoms with van der Waals surface area (Å²) in [5.41, 5.74) is 0. The van der Waals surface area contributed by atoms with Crippen molar-refractivity contribution in [3.63, 3.8) is 0 Å². The Balaban J connectivity index is -0.0000000875. The molecule has 0 aromatic heterocycles. The lowest BCUT2D eigenvalue weighted by molar-refractivity contribution is 0.389. The molecule has 1 nitrogen and oxygen atoms in total. The molecule has 0 aliphatic carbocycles. The number of ether oxygens (including phenoxy) is 1. The lowest BCUT2D eigenvalue weighted by Gasteiger charge is -1.57. The average Bonchev–Trinajstić information content (AvgIpc) is 2.56. The van der Waals surface area contributed by atoms with E-state index in [9.17, 15) is 0 Å². The van der Waals surface area contributed by atoms with E-state index >= 15 is 0 Å². The summed E-state index contributed by atoms with van der Waals surface area (Å²) in [6, 6.07) is 0. The monoisotopic (exact) mass is 148 g/mol. The van der Waals surface area contributed by atoms with Crippen molar-refractivity contribution in [2.24, 2.45) is 0 Å². The first-order valence-electron chi connectivity index (χ1n) is 3.96. The highest BCUT2D eigenvalue weighted by Gasteiger charge is 2.27. The zero-order valence-corrected chi connectivity index (χ0v) is 7.56. The fourth-order valence-electron chi connectivity index (χ4n) is 0.293. The maximum atomic E-state index is 4.92. The van der Waals surface area contributed by atoms with Crippen molar-refractivity contribution in [2.75, 3.05) is 0 Å². The summed E-state index contributed by atoms with van der Waals surface area (Å²) >= 11 is 0. The molecule has 2 atom stereocenters. The van der Waals surface area contributed by atoms with Crippen LogP contribution in [0.3, 0.4) is 0 Å². The van der Waals surface area contributed by atoms with E-state index in [1.165, 1.54) is 0 Å². The predicted octanol–water partition coefficient (Wildman–Crippen LogP) is 3.48. The second-order valence-corrected chi connectivity index (χ2v) is 1.55. The van der Waals surface area contributed by atoms with Crippen LogP contribution in [0.4, 0.5) is 0 Å². The van der Waals surface area contributed by atoms with Crippen LogP contribution in [0.15, 0.2) is 0 Å². The molecule has 0 bridgehead atoms. The molecule has 1 aliphatic rings. The third-order valence-corrected chi connectivity index (χ3v) is 1.01. The van der Waals surface area contributed by atoms with Crippen LogP contribution in [-0.2, 0) is 4.74 Å². The molecule has 1 rings (SSSR count). The Hall–Kier alpha value is -0.0400. The number of hydrogen-bond acceptors (Lipinski definition) is 1. The molecule has 1 saturated heterocycles. The first kappa shape index (κ1) is 16.5. The molecule has 0 aromatic carbocycles. The van der Waals surface area contributed by atoms with Crippen molar-refractivity contribution in [1.82, 2.24) is 0 Å². The Labute approximate surface area is 66.8 Å². The Bertz CT molecular complexity index is 38.0. The molecule has 0 amide bonds. The molecule has 1 heterocycles. The lowest BCUT2D eigenvalue weighted by Crippen LogP contribution is -1.74. The normalized spacial score (nSPS) is 25.8. The Morgan fingerprint density at radius 1 is 0.800 bits per heavy atom. The van der Waals surface area contributed by atoms with Gasteiger partial charge in [-0.05, 0) is 13.8 Å². The smallest absolute Gasteiger partial charge is 0.0811 e. The zero-order chi connectivity index (χ0) is 7.86. The molecule has 0 spiro atoms. The van der Waals surface area contributed by atoms with Gasteiger partial charge in [-0.3, -0.25) is 0 Å². The third-order valence-electron chi connectivity index (χ3n) is 1.01. The highest BCUT2D eigenvalue weighted by molar-refractivity contribution is 4.73. The van der Waals surface area contributed by atoms with Crippen LogP contribution in [-0.4, -0.2) is 12.2 Å². The van der Waals surface area contributed by atoms with Gasteiger partial charge in [0.2, 0.25) is 0 Å². The minimum atomic E-state index is 0. The number of rotatable bonds is 0. The van der Waals surface area contributed by atoms with E-state index in [1.807, 2.05) is 27.7 Å². The first-order chi connectivity index (χ1) is 4.30. The van der Waals surface area contributed by atoms with Crippen molar-refractivity contribution < 1.29 is 4.74 Å². The van der Waals surface area contributed by atoms with Gasteiger partial charge < -0.3 is 4.74 Å². The third kappa shape index (κ3) is 10.9. The zero-order valence-electron chi connectivity index (χ0n) is 7.56. The second kappa shape index (κ2) is 11.7. The predicted molar refractivity (Wildman–Crippen MR) is 49.4 cm³/mol. The van der Waals surface area contributed by atoms with Crippen LogP contribution in [0.2, 0.25) is 0 Å². The van der Waals surface area contributed by atoms with E-state index in [0.717, 1.165) is 0 Å². The van der Waals surface area contributed by atoms with Gasteiger partial charge in [0.05, 0.1) is 12.2 Å². The minimum Gasteiger partial charge on any atom is -0.370 e. The molecule has 0 saturated carbocycles. The van der Waals surface area contributed by atoms with Crippen molar-refractivity contribution >= 4 is 0 Å². The maximum Gasteiger partial charge on any atom is 0.0811 e. The molecule has 10 heavy (non-hydrogen) atoms. The lowest BCUT2D eigenvalue weighted by atomic mass is 10.4. The maximum absolute atomic E-state index is 4.92. The second-order valence-electron chi connectivity index (χ2n) is 1.55. The summed E-state index contributed by atoms with van der Waals surface area (Å²) in [5, 5.41) is 0. The fraction of sp³-hybridized carbons (Fsp3) is 1.00. The fourth-order valence-corrected chi connectivity index (χ4v) is 0.293. The van der Waals surface area contributed by atoms with Crippen molar-refractivity contribution in [2.45, 2.75) is 61.2 Å². The van der Waals surface area contributed by atoms with Gasteiger partial charge in [-0.15, -0.1) is 0 Å². The van der Waals surface area contributed by atoms with Crippen LogP contribution >= 0.6 is 0 Å². The van der Waals surface area contributed by atoms with Gasteiger partial charge in [-0.2, -0.15) is 0 Å².